The zero-order valence-electron chi connectivity index (χ0n) is 13.2. The fraction of sp³-hybridized carbons (Fsp3) is 1.00. The minimum absolute atomic E-state index is 0.0977. The van der Waals surface area contributed by atoms with Gasteiger partial charge in [-0.15, -0.1) is 0 Å². The van der Waals surface area contributed by atoms with Crippen LogP contribution in [0.3, 0.4) is 0 Å². The van der Waals surface area contributed by atoms with Gasteiger partial charge in [-0.2, -0.15) is 0 Å². The summed E-state index contributed by atoms with van der Waals surface area (Å²) < 4.78 is 11.1. The fourth-order valence-corrected chi connectivity index (χ4v) is 2.64. The Morgan fingerprint density at radius 2 is 1.79 bits per heavy atom. The van der Waals surface area contributed by atoms with Crippen molar-refractivity contribution in [2.45, 2.75) is 65.3 Å². The van der Waals surface area contributed by atoms with Crippen molar-refractivity contribution < 1.29 is 9.47 Å². The number of nitrogens with zero attached hydrogens (tertiary/aromatic N) is 1. The number of ether oxygens (including phenoxy) is 2. The number of nitrogens with one attached hydrogen (secondary N) is 1. The Morgan fingerprint density at radius 1 is 1.11 bits per heavy atom. The summed E-state index contributed by atoms with van der Waals surface area (Å²) in [5.41, 5.74) is 0. The topological polar surface area (TPSA) is 33.7 Å². The first kappa shape index (κ1) is 16.9. The van der Waals surface area contributed by atoms with Crippen molar-refractivity contribution in [3.8, 4) is 0 Å². The molecule has 1 heterocycles. The molecular weight excluding hydrogens is 240 g/mol. The zero-order valence-corrected chi connectivity index (χ0v) is 13.2. The standard InChI is InChI=1S/C15H32N2O2/c1-5-18-15(19-6-2)12-16-14-8-7-10-17(11-9-14)13(3)4/h13-16H,5-12H2,1-4H3. The predicted octanol–water partition coefficient (Wildman–Crippen LogP) is 2.24. The Kier molecular flexibility index (Phi) is 8.62. The third-order valence-electron chi connectivity index (χ3n) is 3.77. The molecule has 1 fully saturated rings. The van der Waals surface area contributed by atoms with E-state index in [0.717, 1.165) is 6.54 Å². The molecule has 1 N–H and O–H groups in total. The summed E-state index contributed by atoms with van der Waals surface area (Å²) in [5, 5.41) is 3.61. The normalized spacial score (nSPS) is 22.1. The minimum atomic E-state index is -0.0977. The average molecular weight is 272 g/mol. The summed E-state index contributed by atoms with van der Waals surface area (Å²) in [4.78, 5) is 2.57. The van der Waals surface area contributed by atoms with E-state index < -0.39 is 0 Å². The predicted molar refractivity (Wildman–Crippen MR) is 79.4 cm³/mol. The van der Waals surface area contributed by atoms with Gasteiger partial charge in [-0.1, -0.05) is 0 Å². The van der Waals surface area contributed by atoms with Crippen LogP contribution < -0.4 is 5.32 Å². The smallest absolute Gasteiger partial charge is 0.169 e. The molecule has 0 aliphatic carbocycles. The van der Waals surface area contributed by atoms with Crippen LogP contribution in [0.4, 0.5) is 0 Å². The Bertz CT molecular complexity index is 218. The molecule has 4 heteroatoms. The minimum Gasteiger partial charge on any atom is -0.352 e. The van der Waals surface area contributed by atoms with Gasteiger partial charge in [0.1, 0.15) is 0 Å². The fourth-order valence-electron chi connectivity index (χ4n) is 2.64. The van der Waals surface area contributed by atoms with Crippen LogP contribution in [-0.4, -0.2) is 56.1 Å². The van der Waals surface area contributed by atoms with Gasteiger partial charge in [0, 0.05) is 31.8 Å². The van der Waals surface area contributed by atoms with Gasteiger partial charge in [0.15, 0.2) is 6.29 Å². The third kappa shape index (κ3) is 6.70. The highest BCUT2D eigenvalue weighted by Gasteiger charge is 2.19. The van der Waals surface area contributed by atoms with Gasteiger partial charge in [0.05, 0.1) is 0 Å². The molecule has 0 aromatic heterocycles. The molecule has 1 unspecified atom stereocenters. The van der Waals surface area contributed by atoms with E-state index in [2.05, 4.69) is 24.1 Å². The van der Waals surface area contributed by atoms with E-state index in [4.69, 9.17) is 9.47 Å². The lowest BCUT2D eigenvalue weighted by atomic mass is 10.1. The highest BCUT2D eigenvalue weighted by molar-refractivity contribution is 4.76. The Balaban J connectivity index is 2.28. The van der Waals surface area contributed by atoms with E-state index in [1.807, 2.05) is 13.8 Å². The molecule has 0 spiro atoms. The van der Waals surface area contributed by atoms with Gasteiger partial charge in [-0.3, -0.25) is 0 Å². The van der Waals surface area contributed by atoms with E-state index in [0.29, 0.717) is 25.3 Å². The second-order valence-electron chi connectivity index (χ2n) is 5.51. The molecule has 114 valence electrons. The van der Waals surface area contributed by atoms with Gasteiger partial charge in [-0.05, 0) is 60.0 Å². The second kappa shape index (κ2) is 9.70. The molecule has 1 saturated heterocycles. The van der Waals surface area contributed by atoms with Crippen molar-refractivity contribution in [2.24, 2.45) is 0 Å². The van der Waals surface area contributed by atoms with E-state index in [9.17, 15) is 0 Å². The highest BCUT2D eigenvalue weighted by Crippen LogP contribution is 2.13. The van der Waals surface area contributed by atoms with E-state index in [-0.39, 0.29) is 6.29 Å². The maximum absolute atomic E-state index is 5.57. The first-order valence-electron chi connectivity index (χ1n) is 7.88. The maximum Gasteiger partial charge on any atom is 0.169 e. The number of hydrogen-bond donors (Lipinski definition) is 1. The maximum atomic E-state index is 5.57. The summed E-state index contributed by atoms with van der Waals surface area (Å²) in [7, 11) is 0. The van der Waals surface area contributed by atoms with Gasteiger partial charge < -0.3 is 19.7 Å². The van der Waals surface area contributed by atoms with Crippen molar-refractivity contribution in [3.63, 3.8) is 0 Å². The van der Waals surface area contributed by atoms with Crippen LogP contribution in [-0.2, 0) is 9.47 Å². The molecule has 4 nitrogen and oxygen atoms in total. The van der Waals surface area contributed by atoms with Crippen molar-refractivity contribution in [1.82, 2.24) is 10.2 Å². The van der Waals surface area contributed by atoms with Crippen molar-refractivity contribution >= 4 is 0 Å². The van der Waals surface area contributed by atoms with Crippen LogP contribution in [0.5, 0.6) is 0 Å². The quantitative estimate of drug-likeness (QED) is 0.687. The van der Waals surface area contributed by atoms with Crippen LogP contribution in [0.15, 0.2) is 0 Å². The SMILES string of the molecule is CCOC(CNC1CCCN(C(C)C)CC1)OCC. The lowest BCUT2D eigenvalue weighted by Crippen LogP contribution is -2.39. The third-order valence-corrected chi connectivity index (χ3v) is 3.77. The largest absolute Gasteiger partial charge is 0.352 e. The molecule has 0 aromatic rings. The van der Waals surface area contributed by atoms with Crippen molar-refractivity contribution in [1.29, 1.82) is 0 Å². The number of rotatable bonds is 8. The van der Waals surface area contributed by atoms with Crippen LogP contribution in [0, 0.1) is 0 Å². The van der Waals surface area contributed by atoms with E-state index in [1.54, 1.807) is 0 Å². The molecule has 0 saturated carbocycles. The molecule has 0 bridgehead atoms. The lowest BCUT2D eigenvalue weighted by Gasteiger charge is -2.25. The van der Waals surface area contributed by atoms with Crippen LogP contribution in [0.25, 0.3) is 0 Å². The zero-order chi connectivity index (χ0) is 14.1. The number of likely N-dealkylation sites (tertiary alicyclic amines) is 1. The highest BCUT2D eigenvalue weighted by atomic mass is 16.7. The van der Waals surface area contributed by atoms with Crippen molar-refractivity contribution in [3.05, 3.63) is 0 Å². The molecule has 1 aliphatic heterocycles. The first-order valence-corrected chi connectivity index (χ1v) is 7.88. The summed E-state index contributed by atoms with van der Waals surface area (Å²) in [6, 6.07) is 1.27. The second-order valence-corrected chi connectivity index (χ2v) is 5.51. The average Bonchev–Trinajstić information content (AvgIpc) is 2.62. The summed E-state index contributed by atoms with van der Waals surface area (Å²) in [6.45, 7) is 13.2. The van der Waals surface area contributed by atoms with E-state index in [1.165, 1.54) is 32.4 Å². The molecule has 0 radical (unpaired) electrons. The molecule has 1 atom stereocenters. The van der Waals surface area contributed by atoms with Crippen LogP contribution in [0.1, 0.15) is 47.0 Å². The van der Waals surface area contributed by atoms with Crippen molar-refractivity contribution in [2.75, 3.05) is 32.8 Å². The molecule has 0 amide bonds. The Labute approximate surface area is 118 Å². The van der Waals surface area contributed by atoms with Gasteiger partial charge in [0.25, 0.3) is 0 Å². The molecule has 1 rings (SSSR count). The van der Waals surface area contributed by atoms with E-state index >= 15 is 0 Å². The monoisotopic (exact) mass is 272 g/mol. The van der Waals surface area contributed by atoms with Gasteiger partial charge in [0.2, 0.25) is 0 Å². The molecule has 1 aliphatic rings. The van der Waals surface area contributed by atoms with Crippen LogP contribution in [0.2, 0.25) is 0 Å². The molecular formula is C15H32N2O2. The Morgan fingerprint density at radius 3 is 2.37 bits per heavy atom. The van der Waals surface area contributed by atoms with Gasteiger partial charge in [-0.25, -0.2) is 0 Å². The summed E-state index contributed by atoms with van der Waals surface area (Å²) in [6.07, 6.45) is 3.67. The first-order chi connectivity index (χ1) is 9.17. The summed E-state index contributed by atoms with van der Waals surface area (Å²) in [5.74, 6) is 0. The number of hydrogen-bond acceptors (Lipinski definition) is 4. The Hall–Kier alpha value is -0.160. The molecule has 19 heavy (non-hydrogen) atoms. The summed E-state index contributed by atoms with van der Waals surface area (Å²) >= 11 is 0. The van der Waals surface area contributed by atoms with Gasteiger partial charge >= 0.3 is 0 Å². The molecule has 0 aromatic carbocycles. The lowest BCUT2D eigenvalue weighted by molar-refractivity contribution is -0.133. The van der Waals surface area contributed by atoms with Crippen LogP contribution >= 0.6 is 0 Å².